The van der Waals surface area contributed by atoms with E-state index in [4.69, 9.17) is 5.73 Å². The van der Waals surface area contributed by atoms with Crippen molar-refractivity contribution in [1.82, 2.24) is 15.0 Å². The van der Waals surface area contributed by atoms with Crippen LogP contribution >= 0.6 is 11.3 Å². The molecule has 0 radical (unpaired) electrons. The van der Waals surface area contributed by atoms with Gasteiger partial charge in [-0.3, -0.25) is 0 Å². The third-order valence-electron chi connectivity index (χ3n) is 3.76. The van der Waals surface area contributed by atoms with Crippen molar-refractivity contribution in [3.8, 4) is 0 Å². The van der Waals surface area contributed by atoms with E-state index in [0.717, 1.165) is 54.0 Å². The summed E-state index contributed by atoms with van der Waals surface area (Å²) in [4.78, 5) is 17.0. The van der Waals surface area contributed by atoms with E-state index in [1.165, 1.54) is 0 Å². The van der Waals surface area contributed by atoms with Gasteiger partial charge in [0.25, 0.3) is 0 Å². The Morgan fingerprint density at radius 1 is 1.14 bits per heavy atom. The summed E-state index contributed by atoms with van der Waals surface area (Å²) in [6.45, 7) is 3.81. The highest BCUT2D eigenvalue weighted by molar-refractivity contribution is 7.13. The van der Waals surface area contributed by atoms with Gasteiger partial charge in [-0.05, 0) is 18.2 Å². The van der Waals surface area contributed by atoms with Gasteiger partial charge in [-0.25, -0.2) is 9.97 Å². The first-order chi connectivity index (χ1) is 10.3. The minimum atomic E-state index is 0.756. The first-order valence-electron chi connectivity index (χ1n) is 6.94. The number of imidazole rings is 1. The third kappa shape index (κ3) is 2.29. The van der Waals surface area contributed by atoms with Crippen molar-refractivity contribution < 1.29 is 0 Å². The van der Waals surface area contributed by atoms with E-state index >= 15 is 0 Å². The number of thiazole rings is 1. The second kappa shape index (κ2) is 4.92. The maximum Gasteiger partial charge on any atom is 0.203 e. The Hall–Kier alpha value is -2.28. The number of aromatic nitrogens is 3. The average molecular weight is 300 g/mol. The number of hydrogen-bond acceptors (Lipinski definition) is 6. The van der Waals surface area contributed by atoms with Gasteiger partial charge in [0.2, 0.25) is 5.95 Å². The van der Waals surface area contributed by atoms with Gasteiger partial charge < -0.3 is 20.5 Å². The fourth-order valence-corrected chi connectivity index (χ4v) is 3.34. The molecular formula is C14H16N6S. The lowest BCUT2D eigenvalue weighted by Crippen LogP contribution is -2.46. The van der Waals surface area contributed by atoms with Crippen molar-refractivity contribution in [3.63, 3.8) is 0 Å². The maximum absolute atomic E-state index is 5.81. The largest absolute Gasteiger partial charge is 0.399 e. The lowest BCUT2D eigenvalue weighted by Gasteiger charge is -2.34. The van der Waals surface area contributed by atoms with Crippen molar-refractivity contribution in [2.24, 2.45) is 0 Å². The molecule has 0 bridgehead atoms. The molecule has 1 aliphatic rings. The third-order valence-corrected chi connectivity index (χ3v) is 4.59. The highest BCUT2D eigenvalue weighted by Gasteiger charge is 2.20. The molecule has 3 aromatic rings. The van der Waals surface area contributed by atoms with Crippen molar-refractivity contribution in [1.29, 1.82) is 0 Å². The molecule has 0 unspecified atom stereocenters. The fourth-order valence-electron chi connectivity index (χ4n) is 2.65. The summed E-state index contributed by atoms with van der Waals surface area (Å²) in [5.74, 6) is 0.925. The van der Waals surface area contributed by atoms with Gasteiger partial charge in [-0.2, -0.15) is 0 Å². The molecular weight excluding hydrogens is 284 g/mol. The van der Waals surface area contributed by atoms with Gasteiger partial charge in [0.15, 0.2) is 5.13 Å². The van der Waals surface area contributed by atoms with Crippen molar-refractivity contribution in [3.05, 3.63) is 29.8 Å². The van der Waals surface area contributed by atoms with Gasteiger partial charge in [-0.15, -0.1) is 11.3 Å². The van der Waals surface area contributed by atoms with Crippen LogP contribution in [-0.4, -0.2) is 41.1 Å². The molecule has 1 aromatic carbocycles. The van der Waals surface area contributed by atoms with E-state index in [0.29, 0.717) is 0 Å². The molecule has 108 valence electrons. The van der Waals surface area contributed by atoms with Gasteiger partial charge >= 0.3 is 0 Å². The number of benzene rings is 1. The van der Waals surface area contributed by atoms with Crippen LogP contribution in [0.5, 0.6) is 0 Å². The standard InChI is InChI=1S/C14H16N6S/c15-10-1-2-11-12(9-10)18-13(17-11)19-4-6-20(7-5-19)14-16-3-8-21-14/h1-3,8-9H,4-7,15H2,(H,17,18). The van der Waals surface area contributed by atoms with Crippen LogP contribution in [0.1, 0.15) is 0 Å². The summed E-state index contributed by atoms with van der Waals surface area (Å²) in [5, 5.41) is 3.12. The molecule has 3 N–H and O–H groups in total. The maximum atomic E-state index is 5.81. The zero-order chi connectivity index (χ0) is 14.2. The fraction of sp³-hybridized carbons (Fsp3) is 0.286. The first-order valence-corrected chi connectivity index (χ1v) is 7.82. The Kier molecular flexibility index (Phi) is 2.92. The van der Waals surface area contributed by atoms with Crippen LogP contribution in [0.4, 0.5) is 16.8 Å². The van der Waals surface area contributed by atoms with Crippen LogP contribution < -0.4 is 15.5 Å². The molecule has 1 aliphatic heterocycles. The number of aromatic amines is 1. The number of fused-ring (bicyclic) bond motifs is 1. The molecule has 0 saturated carbocycles. The van der Waals surface area contributed by atoms with Gasteiger partial charge in [-0.1, -0.05) is 0 Å². The minimum Gasteiger partial charge on any atom is -0.399 e. The SMILES string of the molecule is Nc1ccc2nc(N3CCN(c4nccs4)CC3)[nH]c2c1. The van der Waals surface area contributed by atoms with E-state index in [1.807, 2.05) is 29.8 Å². The number of H-pyrrole nitrogens is 1. The van der Waals surface area contributed by atoms with Crippen LogP contribution in [0.15, 0.2) is 29.8 Å². The van der Waals surface area contributed by atoms with Crippen LogP contribution in [0, 0.1) is 0 Å². The number of piperazine rings is 1. The predicted molar refractivity (Wildman–Crippen MR) is 87.0 cm³/mol. The zero-order valence-corrected chi connectivity index (χ0v) is 12.3. The van der Waals surface area contributed by atoms with Gasteiger partial charge in [0, 0.05) is 43.4 Å². The Morgan fingerprint density at radius 2 is 1.95 bits per heavy atom. The van der Waals surface area contributed by atoms with Gasteiger partial charge in [0.1, 0.15) is 0 Å². The van der Waals surface area contributed by atoms with E-state index in [9.17, 15) is 0 Å². The molecule has 21 heavy (non-hydrogen) atoms. The summed E-state index contributed by atoms with van der Waals surface area (Å²) in [6, 6.07) is 5.77. The van der Waals surface area contributed by atoms with E-state index in [-0.39, 0.29) is 0 Å². The molecule has 4 rings (SSSR count). The number of nitrogen functional groups attached to an aromatic ring is 1. The Labute approximate surface area is 126 Å². The number of hydrogen-bond donors (Lipinski definition) is 2. The molecule has 1 saturated heterocycles. The topological polar surface area (TPSA) is 74.1 Å². The second-order valence-corrected chi connectivity index (χ2v) is 6.00. The molecule has 3 heterocycles. The molecule has 7 heteroatoms. The molecule has 6 nitrogen and oxygen atoms in total. The average Bonchev–Trinajstić information content (AvgIpc) is 3.16. The second-order valence-electron chi connectivity index (χ2n) is 5.13. The number of nitrogens with zero attached hydrogens (tertiary/aromatic N) is 4. The van der Waals surface area contributed by atoms with Crippen molar-refractivity contribution >= 4 is 39.1 Å². The van der Waals surface area contributed by atoms with E-state index in [1.54, 1.807) is 11.3 Å². The number of rotatable bonds is 2. The number of anilines is 3. The molecule has 2 aromatic heterocycles. The summed E-state index contributed by atoms with van der Waals surface area (Å²) in [6.07, 6.45) is 1.86. The number of nitrogens with two attached hydrogens (primary N) is 1. The highest BCUT2D eigenvalue weighted by Crippen LogP contribution is 2.23. The monoisotopic (exact) mass is 300 g/mol. The molecule has 1 fully saturated rings. The molecule has 0 atom stereocenters. The molecule has 0 amide bonds. The highest BCUT2D eigenvalue weighted by atomic mass is 32.1. The Morgan fingerprint density at radius 3 is 2.71 bits per heavy atom. The van der Waals surface area contributed by atoms with Crippen LogP contribution in [0.2, 0.25) is 0 Å². The Bertz CT molecular complexity index is 742. The predicted octanol–water partition coefficient (Wildman–Crippen LogP) is 1.93. The van der Waals surface area contributed by atoms with Crippen LogP contribution in [0.25, 0.3) is 11.0 Å². The summed E-state index contributed by atoms with van der Waals surface area (Å²) >= 11 is 1.69. The van der Waals surface area contributed by atoms with E-state index < -0.39 is 0 Å². The molecule has 0 spiro atoms. The van der Waals surface area contributed by atoms with E-state index in [2.05, 4.69) is 24.8 Å². The van der Waals surface area contributed by atoms with Crippen molar-refractivity contribution in [2.75, 3.05) is 41.7 Å². The van der Waals surface area contributed by atoms with Crippen LogP contribution in [-0.2, 0) is 0 Å². The summed E-state index contributed by atoms with van der Waals surface area (Å²) < 4.78 is 0. The van der Waals surface area contributed by atoms with Crippen molar-refractivity contribution in [2.45, 2.75) is 0 Å². The smallest absolute Gasteiger partial charge is 0.203 e. The minimum absolute atomic E-state index is 0.756. The zero-order valence-electron chi connectivity index (χ0n) is 11.5. The number of nitrogens with one attached hydrogen (secondary N) is 1. The lowest BCUT2D eigenvalue weighted by atomic mass is 10.3. The summed E-state index contributed by atoms with van der Waals surface area (Å²) in [7, 11) is 0. The quantitative estimate of drug-likeness (QED) is 0.707. The van der Waals surface area contributed by atoms with Crippen LogP contribution in [0.3, 0.4) is 0 Å². The summed E-state index contributed by atoms with van der Waals surface area (Å²) in [5.41, 5.74) is 8.52. The first kappa shape index (κ1) is 12.5. The Balaban J connectivity index is 1.52. The molecule has 0 aliphatic carbocycles. The lowest BCUT2D eigenvalue weighted by molar-refractivity contribution is 0.642. The normalized spacial score (nSPS) is 15.8. The van der Waals surface area contributed by atoms with Gasteiger partial charge in [0.05, 0.1) is 11.0 Å².